The Kier molecular flexibility index (Phi) is 5.42. The summed E-state index contributed by atoms with van der Waals surface area (Å²) >= 11 is 0. The minimum absolute atomic E-state index is 0.126. The Bertz CT molecular complexity index is 230. The smallest absolute Gasteiger partial charge is 0.0789 e. The molecule has 0 amide bonds. The lowest BCUT2D eigenvalue weighted by Crippen LogP contribution is -2.62. The zero-order valence-corrected chi connectivity index (χ0v) is 11.8. The van der Waals surface area contributed by atoms with E-state index in [4.69, 9.17) is 10.5 Å². The molecule has 1 fully saturated rings. The molecule has 0 radical (unpaired) electrons. The lowest BCUT2D eigenvalue weighted by molar-refractivity contribution is -0.148. The third-order valence-corrected chi connectivity index (χ3v) is 4.20. The number of aliphatic hydroxyl groups is 1. The Morgan fingerprint density at radius 1 is 1.47 bits per heavy atom. The SMILES string of the molecule is CCCCC(CC)C1OCC(C)(N)C(O)C1C. The molecule has 0 aromatic rings. The van der Waals surface area contributed by atoms with Gasteiger partial charge in [-0.05, 0) is 19.3 Å². The Morgan fingerprint density at radius 3 is 2.65 bits per heavy atom. The molecule has 1 aliphatic heterocycles. The van der Waals surface area contributed by atoms with Crippen molar-refractivity contribution in [3.63, 3.8) is 0 Å². The van der Waals surface area contributed by atoms with Gasteiger partial charge in [0.05, 0.1) is 24.4 Å². The predicted molar refractivity (Wildman–Crippen MR) is 70.8 cm³/mol. The Hall–Kier alpha value is -0.120. The fraction of sp³-hybridized carbons (Fsp3) is 1.00. The average molecular weight is 243 g/mol. The van der Waals surface area contributed by atoms with Crippen molar-refractivity contribution < 1.29 is 9.84 Å². The number of unbranched alkanes of at least 4 members (excludes halogenated alkanes) is 1. The number of ether oxygens (including phenoxy) is 1. The molecule has 102 valence electrons. The zero-order valence-electron chi connectivity index (χ0n) is 11.8. The summed E-state index contributed by atoms with van der Waals surface area (Å²) in [5.41, 5.74) is 5.44. The van der Waals surface area contributed by atoms with E-state index in [0.717, 1.165) is 6.42 Å². The van der Waals surface area contributed by atoms with Crippen LogP contribution in [0.3, 0.4) is 0 Å². The van der Waals surface area contributed by atoms with Crippen molar-refractivity contribution in [2.24, 2.45) is 17.6 Å². The summed E-state index contributed by atoms with van der Waals surface area (Å²) in [6.45, 7) is 8.82. The third kappa shape index (κ3) is 3.43. The van der Waals surface area contributed by atoms with E-state index in [2.05, 4.69) is 20.8 Å². The van der Waals surface area contributed by atoms with Crippen molar-refractivity contribution in [1.82, 2.24) is 0 Å². The Morgan fingerprint density at radius 2 is 2.12 bits per heavy atom. The van der Waals surface area contributed by atoms with Crippen molar-refractivity contribution in [3.8, 4) is 0 Å². The van der Waals surface area contributed by atoms with E-state index in [1.807, 2.05) is 6.92 Å². The number of hydrogen-bond acceptors (Lipinski definition) is 3. The molecule has 3 N–H and O–H groups in total. The van der Waals surface area contributed by atoms with Gasteiger partial charge in [0.2, 0.25) is 0 Å². The summed E-state index contributed by atoms with van der Waals surface area (Å²) < 4.78 is 5.94. The van der Waals surface area contributed by atoms with Crippen molar-refractivity contribution in [3.05, 3.63) is 0 Å². The lowest BCUT2D eigenvalue weighted by atomic mass is 9.76. The van der Waals surface area contributed by atoms with E-state index in [1.165, 1.54) is 19.3 Å². The molecule has 0 spiro atoms. The second-order valence-corrected chi connectivity index (χ2v) is 5.90. The molecule has 5 atom stereocenters. The molecule has 0 aromatic heterocycles. The highest BCUT2D eigenvalue weighted by molar-refractivity contribution is 4.97. The third-order valence-electron chi connectivity index (χ3n) is 4.20. The van der Waals surface area contributed by atoms with Crippen molar-refractivity contribution in [2.75, 3.05) is 6.61 Å². The van der Waals surface area contributed by atoms with Crippen molar-refractivity contribution in [1.29, 1.82) is 0 Å². The van der Waals surface area contributed by atoms with Crippen molar-refractivity contribution >= 4 is 0 Å². The minimum atomic E-state index is -0.598. The second kappa shape index (κ2) is 6.17. The van der Waals surface area contributed by atoms with E-state index >= 15 is 0 Å². The summed E-state index contributed by atoms with van der Waals surface area (Å²) in [5.74, 6) is 0.677. The fourth-order valence-electron chi connectivity index (χ4n) is 2.93. The van der Waals surface area contributed by atoms with Gasteiger partial charge in [-0.1, -0.05) is 40.0 Å². The highest BCUT2D eigenvalue weighted by Gasteiger charge is 2.44. The van der Waals surface area contributed by atoms with Crippen LogP contribution in [0, 0.1) is 11.8 Å². The Balaban J connectivity index is 2.65. The van der Waals surface area contributed by atoms with Gasteiger partial charge in [0.15, 0.2) is 0 Å². The topological polar surface area (TPSA) is 55.5 Å². The molecule has 5 unspecified atom stereocenters. The quantitative estimate of drug-likeness (QED) is 0.779. The first-order valence-corrected chi connectivity index (χ1v) is 7.02. The first-order chi connectivity index (χ1) is 7.94. The largest absolute Gasteiger partial charge is 0.391 e. The van der Waals surface area contributed by atoms with Crippen LogP contribution >= 0.6 is 0 Å². The van der Waals surface area contributed by atoms with E-state index in [0.29, 0.717) is 12.5 Å². The predicted octanol–water partition coefficient (Wildman–Crippen LogP) is 2.32. The van der Waals surface area contributed by atoms with Crippen LogP contribution < -0.4 is 5.73 Å². The van der Waals surface area contributed by atoms with Crippen molar-refractivity contribution in [2.45, 2.75) is 71.1 Å². The average Bonchev–Trinajstić information content (AvgIpc) is 2.29. The molecule has 1 aliphatic rings. The van der Waals surface area contributed by atoms with Crippen LogP contribution in [-0.2, 0) is 4.74 Å². The normalized spacial score (nSPS) is 40.2. The highest BCUT2D eigenvalue weighted by Crippen LogP contribution is 2.34. The molecule has 0 aliphatic carbocycles. The van der Waals surface area contributed by atoms with E-state index in [-0.39, 0.29) is 12.0 Å². The van der Waals surface area contributed by atoms with Gasteiger partial charge < -0.3 is 15.6 Å². The lowest BCUT2D eigenvalue weighted by Gasteiger charge is -2.46. The monoisotopic (exact) mass is 243 g/mol. The first-order valence-electron chi connectivity index (χ1n) is 7.02. The van der Waals surface area contributed by atoms with Gasteiger partial charge >= 0.3 is 0 Å². The fourth-order valence-corrected chi connectivity index (χ4v) is 2.93. The number of rotatable bonds is 5. The standard InChI is InChI=1S/C14H29NO2/c1-5-7-8-11(6-2)12-10(3)13(16)14(4,15)9-17-12/h10-13,16H,5-9,15H2,1-4H3. The zero-order chi connectivity index (χ0) is 13.1. The van der Waals surface area contributed by atoms with Gasteiger partial charge in [-0.15, -0.1) is 0 Å². The minimum Gasteiger partial charge on any atom is -0.391 e. The van der Waals surface area contributed by atoms with Crippen LogP contribution in [-0.4, -0.2) is 29.5 Å². The second-order valence-electron chi connectivity index (χ2n) is 5.90. The van der Waals surface area contributed by atoms with E-state index < -0.39 is 11.6 Å². The maximum absolute atomic E-state index is 10.2. The van der Waals surface area contributed by atoms with E-state index in [9.17, 15) is 5.11 Å². The molecule has 0 bridgehead atoms. The van der Waals surface area contributed by atoms with Crippen LogP contribution in [0.1, 0.15) is 53.4 Å². The molecule has 0 saturated carbocycles. The van der Waals surface area contributed by atoms with Gasteiger partial charge in [-0.25, -0.2) is 0 Å². The first kappa shape index (κ1) is 14.9. The molecule has 17 heavy (non-hydrogen) atoms. The number of hydrogen-bond donors (Lipinski definition) is 2. The van der Waals surface area contributed by atoms with Crippen LogP contribution in [0.4, 0.5) is 0 Å². The molecule has 0 aromatic carbocycles. The summed E-state index contributed by atoms with van der Waals surface area (Å²) in [6.07, 6.45) is 4.46. The molecule has 1 rings (SSSR count). The summed E-state index contributed by atoms with van der Waals surface area (Å²) in [4.78, 5) is 0. The number of aliphatic hydroxyl groups excluding tert-OH is 1. The summed E-state index contributed by atoms with van der Waals surface area (Å²) in [5, 5.41) is 10.2. The van der Waals surface area contributed by atoms with Crippen LogP contribution in [0.2, 0.25) is 0 Å². The van der Waals surface area contributed by atoms with Gasteiger partial charge in [-0.2, -0.15) is 0 Å². The summed E-state index contributed by atoms with van der Waals surface area (Å²) in [6, 6.07) is 0. The highest BCUT2D eigenvalue weighted by atomic mass is 16.5. The van der Waals surface area contributed by atoms with Crippen LogP contribution in [0.15, 0.2) is 0 Å². The maximum Gasteiger partial charge on any atom is 0.0789 e. The molecule has 3 heteroatoms. The molecule has 1 saturated heterocycles. The van der Waals surface area contributed by atoms with Gasteiger partial charge in [0, 0.05) is 5.92 Å². The Labute approximate surface area is 106 Å². The molecular weight excluding hydrogens is 214 g/mol. The van der Waals surface area contributed by atoms with E-state index in [1.54, 1.807) is 0 Å². The molecule has 3 nitrogen and oxygen atoms in total. The maximum atomic E-state index is 10.2. The number of nitrogens with two attached hydrogens (primary N) is 1. The van der Waals surface area contributed by atoms with Gasteiger partial charge in [0.1, 0.15) is 0 Å². The van der Waals surface area contributed by atoms with Gasteiger partial charge in [-0.3, -0.25) is 0 Å². The molecule has 1 heterocycles. The molecular formula is C14H29NO2. The van der Waals surface area contributed by atoms with Gasteiger partial charge in [0.25, 0.3) is 0 Å². The van der Waals surface area contributed by atoms with Crippen LogP contribution in [0.25, 0.3) is 0 Å². The summed E-state index contributed by atoms with van der Waals surface area (Å²) in [7, 11) is 0. The van der Waals surface area contributed by atoms with Crippen LogP contribution in [0.5, 0.6) is 0 Å².